The van der Waals surface area contributed by atoms with Crippen molar-refractivity contribution >= 4 is 11.9 Å². The van der Waals surface area contributed by atoms with E-state index in [0.717, 1.165) is 0 Å². The zero-order valence-corrected chi connectivity index (χ0v) is 10.1. The Morgan fingerprint density at radius 3 is 2.25 bits per heavy atom. The molecule has 1 aliphatic heterocycles. The second-order valence-corrected chi connectivity index (χ2v) is 5.12. The molecule has 4 nitrogen and oxygen atoms in total. The summed E-state index contributed by atoms with van der Waals surface area (Å²) in [5, 5.41) is 0. The first-order valence-electron chi connectivity index (χ1n) is 5.33. The molecule has 0 aliphatic carbocycles. The van der Waals surface area contributed by atoms with Gasteiger partial charge in [0.15, 0.2) is 0 Å². The van der Waals surface area contributed by atoms with Crippen molar-refractivity contribution in [3.63, 3.8) is 0 Å². The van der Waals surface area contributed by atoms with E-state index < -0.39 is 23.8 Å². The van der Waals surface area contributed by atoms with E-state index in [4.69, 9.17) is 4.74 Å². The van der Waals surface area contributed by atoms with Crippen molar-refractivity contribution in [2.75, 3.05) is 13.1 Å². The normalized spacial score (nSPS) is 25.7. The Bertz CT molecular complexity index is 298. The van der Waals surface area contributed by atoms with Crippen LogP contribution in [0.25, 0.3) is 0 Å². The summed E-state index contributed by atoms with van der Waals surface area (Å²) in [4.78, 5) is 23.9. The van der Waals surface area contributed by atoms with Crippen molar-refractivity contribution < 1.29 is 18.7 Å². The molecule has 2 unspecified atom stereocenters. The molecule has 0 radical (unpaired) electrons. The largest absolute Gasteiger partial charge is 0.444 e. The second kappa shape index (κ2) is 4.39. The van der Waals surface area contributed by atoms with Crippen molar-refractivity contribution in [3.05, 3.63) is 0 Å². The average Bonchev–Trinajstić information content (AvgIpc) is 2.44. The Labute approximate surface area is 94.7 Å². The maximum Gasteiger partial charge on any atom is 0.410 e. The van der Waals surface area contributed by atoms with E-state index in [-0.39, 0.29) is 18.9 Å². The molecule has 0 spiro atoms. The number of rotatable bonds is 1. The van der Waals surface area contributed by atoms with E-state index >= 15 is 0 Å². The molecule has 0 aromatic carbocycles. The van der Waals surface area contributed by atoms with E-state index in [1.54, 1.807) is 20.8 Å². The summed E-state index contributed by atoms with van der Waals surface area (Å²) in [7, 11) is 0. The first-order chi connectivity index (χ1) is 7.20. The number of ketones is 1. The highest BCUT2D eigenvalue weighted by molar-refractivity contribution is 5.81. The van der Waals surface area contributed by atoms with E-state index in [2.05, 4.69) is 0 Å². The van der Waals surface area contributed by atoms with E-state index in [1.165, 1.54) is 11.8 Å². The number of carbonyl (C=O) groups is 2. The van der Waals surface area contributed by atoms with E-state index in [9.17, 15) is 14.0 Å². The molecule has 2 atom stereocenters. The van der Waals surface area contributed by atoms with Crippen LogP contribution in [-0.2, 0) is 9.53 Å². The van der Waals surface area contributed by atoms with Crippen LogP contribution in [0.5, 0.6) is 0 Å². The third-order valence-corrected chi connectivity index (χ3v) is 2.42. The summed E-state index contributed by atoms with van der Waals surface area (Å²) in [5.41, 5.74) is -0.600. The fourth-order valence-corrected chi connectivity index (χ4v) is 1.62. The molecule has 0 saturated carbocycles. The van der Waals surface area contributed by atoms with Gasteiger partial charge in [0.25, 0.3) is 0 Å². The zero-order valence-electron chi connectivity index (χ0n) is 10.1. The fraction of sp³-hybridized carbons (Fsp3) is 0.818. The lowest BCUT2D eigenvalue weighted by atomic mass is 10.0. The minimum atomic E-state index is -1.27. The SMILES string of the molecule is CC(=O)C1CN(C(=O)OC(C)(C)C)CC1F. The van der Waals surface area contributed by atoms with Gasteiger partial charge in [-0.2, -0.15) is 0 Å². The standard InChI is InChI=1S/C11H18FNO3/c1-7(14)8-5-13(6-9(8)12)10(15)16-11(2,3)4/h8-9H,5-6H2,1-4H3. The molecule has 1 amide bonds. The highest BCUT2D eigenvalue weighted by Crippen LogP contribution is 2.22. The summed E-state index contributed by atoms with van der Waals surface area (Å²) in [6.45, 7) is 6.64. The molecule has 1 heterocycles. The van der Waals surface area contributed by atoms with Crippen LogP contribution in [0.1, 0.15) is 27.7 Å². The summed E-state index contributed by atoms with van der Waals surface area (Å²) in [6, 6.07) is 0. The molecule has 0 N–H and O–H groups in total. The Morgan fingerprint density at radius 1 is 1.31 bits per heavy atom. The van der Waals surface area contributed by atoms with Crippen molar-refractivity contribution in [2.24, 2.45) is 5.92 Å². The lowest BCUT2D eigenvalue weighted by Crippen LogP contribution is -2.35. The van der Waals surface area contributed by atoms with Gasteiger partial charge in [0.1, 0.15) is 17.6 Å². The van der Waals surface area contributed by atoms with E-state index in [1.807, 2.05) is 0 Å². The Morgan fingerprint density at radius 2 is 1.88 bits per heavy atom. The van der Waals surface area contributed by atoms with Gasteiger partial charge in [-0.05, 0) is 27.7 Å². The number of ether oxygens (including phenoxy) is 1. The lowest BCUT2D eigenvalue weighted by molar-refractivity contribution is -0.121. The molecule has 92 valence electrons. The first-order valence-corrected chi connectivity index (χ1v) is 5.33. The second-order valence-electron chi connectivity index (χ2n) is 5.12. The predicted molar refractivity (Wildman–Crippen MR) is 56.9 cm³/mol. The number of hydrogen-bond acceptors (Lipinski definition) is 3. The van der Waals surface area contributed by atoms with Gasteiger partial charge in [0.05, 0.1) is 12.5 Å². The number of halogens is 1. The lowest BCUT2D eigenvalue weighted by Gasteiger charge is -2.24. The van der Waals surface area contributed by atoms with Crippen LogP contribution in [0, 0.1) is 5.92 Å². The van der Waals surface area contributed by atoms with Crippen LogP contribution in [0.4, 0.5) is 9.18 Å². The number of carbonyl (C=O) groups excluding carboxylic acids is 2. The van der Waals surface area contributed by atoms with E-state index in [0.29, 0.717) is 0 Å². The third-order valence-electron chi connectivity index (χ3n) is 2.42. The number of hydrogen-bond donors (Lipinski definition) is 0. The van der Waals surface area contributed by atoms with Gasteiger partial charge >= 0.3 is 6.09 Å². The smallest absolute Gasteiger partial charge is 0.410 e. The minimum absolute atomic E-state index is 0.0564. The van der Waals surface area contributed by atoms with Gasteiger partial charge in [-0.3, -0.25) is 4.79 Å². The van der Waals surface area contributed by atoms with Gasteiger partial charge in [-0.15, -0.1) is 0 Å². The number of amides is 1. The molecule has 1 rings (SSSR count). The van der Waals surface area contributed by atoms with Crippen LogP contribution >= 0.6 is 0 Å². The Kier molecular flexibility index (Phi) is 3.55. The van der Waals surface area contributed by atoms with Gasteiger partial charge < -0.3 is 9.64 Å². The minimum Gasteiger partial charge on any atom is -0.444 e. The highest BCUT2D eigenvalue weighted by atomic mass is 19.1. The number of likely N-dealkylation sites (tertiary alicyclic amines) is 1. The van der Waals surface area contributed by atoms with Crippen molar-refractivity contribution in [1.29, 1.82) is 0 Å². The number of alkyl halides is 1. The summed E-state index contributed by atoms with van der Waals surface area (Å²) in [5.74, 6) is -0.925. The average molecular weight is 231 g/mol. The van der Waals surface area contributed by atoms with Crippen LogP contribution in [0.3, 0.4) is 0 Å². The topological polar surface area (TPSA) is 46.6 Å². The molecule has 1 aliphatic rings. The molecule has 1 fully saturated rings. The molecule has 0 aromatic rings. The Balaban J connectivity index is 2.58. The molecule has 0 aromatic heterocycles. The monoisotopic (exact) mass is 231 g/mol. The Hall–Kier alpha value is -1.13. The zero-order chi connectivity index (χ0) is 12.5. The van der Waals surface area contributed by atoms with Gasteiger partial charge in [0, 0.05) is 6.54 Å². The van der Waals surface area contributed by atoms with Crippen LogP contribution in [-0.4, -0.2) is 41.6 Å². The first kappa shape index (κ1) is 12.9. The molecular weight excluding hydrogens is 213 g/mol. The number of nitrogens with zero attached hydrogens (tertiary/aromatic N) is 1. The predicted octanol–water partition coefficient (Wildman–Crippen LogP) is 1.78. The van der Waals surface area contributed by atoms with Crippen molar-refractivity contribution in [2.45, 2.75) is 39.5 Å². The van der Waals surface area contributed by atoms with Gasteiger partial charge in [-0.1, -0.05) is 0 Å². The molecule has 1 saturated heterocycles. The quantitative estimate of drug-likeness (QED) is 0.691. The fourth-order valence-electron chi connectivity index (χ4n) is 1.62. The van der Waals surface area contributed by atoms with Crippen molar-refractivity contribution in [3.8, 4) is 0 Å². The number of Topliss-reactive ketones (excluding diaryl/α,β-unsaturated/α-hetero) is 1. The van der Waals surface area contributed by atoms with Crippen LogP contribution in [0.2, 0.25) is 0 Å². The van der Waals surface area contributed by atoms with Gasteiger partial charge in [0.2, 0.25) is 0 Å². The van der Waals surface area contributed by atoms with Crippen LogP contribution < -0.4 is 0 Å². The molecule has 16 heavy (non-hydrogen) atoms. The summed E-state index contributed by atoms with van der Waals surface area (Å²) in [6.07, 6.45) is -1.83. The maximum absolute atomic E-state index is 13.4. The van der Waals surface area contributed by atoms with Crippen LogP contribution in [0.15, 0.2) is 0 Å². The maximum atomic E-state index is 13.4. The van der Waals surface area contributed by atoms with Crippen molar-refractivity contribution in [1.82, 2.24) is 4.90 Å². The summed E-state index contributed by atoms with van der Waals surface area (Å²) >= 11 is 0. The van der Waals surface area contributed by atoms with Gasteiger partial charge in [-0.25, -0.2) is 9.18 Å². The third kappa shape index (κ3) is 3.18. The highest BCUT2D eigenvalue weighted by Gasteiger charge is 2.39. The molecular formula is C11H18FNO3. The molecule has 0 bridgehead atoms. The molecule has 5 heteroatoms. The summed E-state index contributed by atoms with van der Waals surface area (Å²) < 4.78 is 18.5.